The van der Waals surface area contributed by atoms with Gasteiger partial charge in [0.05, 0.1) is 17.2 Å². The number of nitrogens with one attached hydrogen (secondary N) is 1. The van der Waals surface area contributed by atoms with Crippen LogP contribution in [-0.4, -0.2) is 72.0 Å². The van der Waals surface area contributed by atoms with Gasteiger partial charge >= 0.3 is 25.2 Å². The summed E-state index contributed by atoms with van der Waals surface area (Å²) < 4.78 is 39.6. The van der Waals surface area contributed by atoms with Crippen LogP contribution in [0.25, 0.3) is 11.0 Å². The summed E-state index contributed by atoms with van der Waals surface area (Å²) in [7, 11) is -5.04. The van der Waals surface area contributed by atoms with Gasteiger partial charge in [-0.25, -0.2) is 4.98 Å². The maximum Gasteiger partial charge on any atom is 0.493 e. The first-order valence-corrected chi connectivity index (χ1v) is 14.8. The van der Waals surface area contributed by atoms with E-state index in [-0.39, 0.29) is 6.04 Å². The highest BCUT2D eigenvalue weighted by Gasteiger charge is 2.52. The number of nitrogens with zero attached hydrogens (tertiary/aromatic N) is 1. The van der Waals surface area contributed by atoms with Gasteiger partial charge in [-0.2, -0.15) is 0 Å². The fourth-order valence-electron chi connectivity index (χ4n) is 2.96. The Hall–Kier alpha value is -0.926. The van der Waals surface area contributed by atoms with E-state index < -0.39 is 31.4 Å². The summed E-state index contributed by atoms with van der Waals surface area (Å²) in [6.07, 6.45) is 0.929. The molecule has 2 aromatic rings. The van der Waals surface area contributed by atoms with E-state index in [9.17, 15) is 14.4 Å². The van der Waals surface area contributed by atoms with Gasteiger partial charge in [0.2, 0.25) is 0 Å². The zero-order chi connectivity index (χ0) is 21.5. The normalized spacial score (nSPS) is 13.3. The van der Waals surface area contributed by atoms with Gasteiger partial charge in [0.1, 0.15) is 5.82 Å². The number of hydrogen-bond acceptors (Lipinski definition) is 7. The van der Waals surface area contributed by atoms with Crippen LogP contribution in [0.1, 0.15) is 12.2 Å². The second kappa shape index (κ2) is 10.4. The molecule has 29 heavy (non-hydrogen) atoms. The molecule has 1 aromatic heterocycles. The first-order chi connectivity index (χ1) is 13.7. The molecule has 0 bridgehead atoms. The molecule has 0 fully saturated rings. The largest absolute Gasteiger partial charge is 0.493 e. The molecule has 0 amide bonds. The van der Waals surface area contributed by atoms with Crippen molar-refractivity contribution in [3.05, 3.63) is 30.1 Å². The second-order valence-corrected chi connectivity index (χ2v) is 14.4. The summed E-state index contributed by atoms with van der Waals surface area (Å²) >= 11 is 0. The highest BCUT2D eigenvalue weighted by Crippen LogP contribution is 2.38. The van der Waals surface area contributed by atoms with Crippen molar-refractivity contribution >= 4 is 36.2 Å². The fraction of sp³-hybridized carbons (Fsp3) is 0.562. The predicted octanol–water partition coefficient (Wildman–Crippen LogP) is 2.15. The van der Waals surface area contributed by atoms with Crippen molar-refractivity contribution in [1.29, 1.82) is 0 Å². The van der Waals surface area contributed by atoms with Crippen molar-refractivity contribution < 1.29 is 36.2 Å². The number of rotatable bonds is 13. The molecule has 0 saturated heterocycles. The van der Waals surface area contributed by atoms with Crippen LogP contribution in [0.2, 0.25) is 12.1 Å². The Morgan fingerprint density at radius 1 is 1.00 bits per heavy atom. The van der Waals surface area contributed by atoms with E-state index in [1.165, 1.54) is 28.4 Å². The Morgan fingerprint density at radius 3 is 2.14 bits per heavy atom. The van der Waals surface area contributed by atoms with Crippen molar-refractivity contribution in [3.63, 3.8) is 0 Å². The number of para-hydroxylation sites is 2. The first kappa shape index (κ1) is 24.3. The van der Waals surface area contributed by atoms with Crippen LogP contribution in [0.15, 0.2) is 24.3 Å². The number of H-pyrrole nitrogens is 1. The molecule has 1 heterocycles. The molecule has 13 heteroatoms. The Balaban J connectivity index is 2.06. The number of aromatic nitrogens is 2. The summed E-state index contributed by atoms with van der Waals surface area (Å²) in [4.78, 5) is 26.3. The van der Waals surface area contributed by atoms with Crippen LogP contribution in [0.3, 0.4) is 0 Å². The van der Waals surface area contributed by atoms with E-state index in [0.29, 0.717) is 18.9 Å². The lowest BCUT2D eigenvalue weighted by Gasteiger charge is -2.35. The number of hydrogen-bond donors (Lipinski definition) is 3. The fourth-order valence-corrected chi connectivity index (χ4v) is 11.0. The number of imidazole rings is 1. The van der Waals surface area contributed by atoms with Crippen molar-refractivity contribution in [1.82, 2.24) is 9.97 Å². The zero-order valence-corrected chi connectivity index (χ0v) is 20.0. The average molecular weight is 465 g/mol. The summed E-state index contributed by atoms with van der Waals surface area (Å²) in [5, 5.41) is 0. The van der Waals surface area contributed by atoms with E-state index in [1.807, 2.05) is 24.3 Å². The Bertz CT molecular complexity index is 789. The lowest BCUT2D eigenvalue weighted by molar-refractivity contribution is 0.0869. The Morgan fingerprint density at radius 2 is 1.59 bits per heavy atom. The predicted molar refractivity (Wildman–Crippen MR) is 112 cm³/mol. The van der Waals surface area contributed by atoms with E-state index in [2.05, 4.69) is 9.97 Å². The molecule has 0 atom stereocenters. The smallest absolute Gasteiger partial charge is 0.377 e. The zero-order valence-electron chi connectivity index (χ0n) is 17.1. The van der Waals surface area contributed by atoms with Crippen molar-refractivity contribution in [2.45, 2.75) is 24.9 Å². The van der Waals surface area contributed by atoms with Gasteiger partial charge in [-0.1, -0.05) is 12.1 Å². The minimum absolute atomic E-state index is 0.0463. The standard InChI is InChI=1S/C16H29N2O8PSi2/c1-22-28(23-2,26-29(24-3,25-4)13-11-27(19,20)21)12-7-10-16-17-14-8-5-6-9-15(14)18-16/h5-6,8-9H,7,10-13H2,1-4H3,(H,17,18)(H2,19,20,21). The van der Waals surface area contributed by atoms with Gasteiger partial charge < -0.3 is 36.6 Å². The average Bonchev–Trinajstić information content (AvgIpc) is 3.12. The molecule has 0 radical (unpaired) electrons. The topological polar surface area (TPSA) is 132 Å². The van der Waals surface area contributed by atoms with Crippen LogP contribution in [-0.2, 0) is 32.8 Å². The Kier molecular flexibility index (Phi) is 8.73. The monoisotopic (exact) mass is 464 g/mol. The third-order valence-electron chi connectivity index (χ3n) is 4.60. The van der Waals surface area contributed by atoms with Gasteiger partial charge in [0.15, 0.2) is 0 Å². The molecule has 0 spiro atoms. The molecule has 164 valence electrons. The third-order valence-corrected chi connectivity index (χ3v) is 12.6. The number of benzene rings is 1. The quantitative estimate of drug-likeness (QED) is 0.301. The van der Waals surface area contributed by atoms with Crippen LogP contribution >= 0.6 is 7.60 Å². The van der Waals surface area contributed by atoms with Crippen LogP contribution in [0, 0.1) is 0 Å². The molecule has 0 unspecified atom stereocenters. The SMILES string of the molecule is CO[Si](CCCc1nc2ccccc2[nH]1)(OC)O[Si](CCP(=O)(O)O)(OC)OC. The molecule has 2 rings (SSSR count). The highest BCUT2D eigenvalue weighted by atomic mass is 31.2. The summed E-state index contributed by atoms with van der Waals surface area (Å²) in [6.45, 7) is 0. The van der Waals surface area contributed by atoms with E-state index >= 15 is 0 Å². The van der Waals surface area contributed by atoms with Gasteiger partial charge in [-0.3, -0.25) is 4.57 Å². The second-order valence-electron chi connectivity index (χ2n) is 6.48. The first-order valence-electron chi connectivity index (χ1n) is 9.09. The lowest BCUT2D eigenvalue weighted by atomic mass is 10.3. The van der Waals surface area contributed by atoms with Gasteiger partial charge in [-0.15, -0.1) is 0 Å². The summed E-state index contributed by atoms with van der Waals surface area (Å²) in [5.74, 6) is 0.852. The molecule has 3 N–H and O–H groups in total. The maximum atomic E-state index is 11.3. The molecule has 0 aliphatic heterocycles. The van der Waals surface area contributed by atoms with Crippen LogP contribution in [0.5, 0.6) is 0 Å². The van der Waals surface area contributed by atoms with Crippen LogP contribution in [0.4, 0.5) is 0 Å². The summed E-state index contributed by atoms with van der Waals surface area (Å²) in [6, 6.07) is 8.22. The number of aryl methyl sites for hydroxylation is 1. The minimum Gasteiger partial charge on any atom is -0.377 e. The van der Waals surface area contributed by atoms with Crippen molar-refractivity contribution in [2.75, 3.05) is 34.6 Å². The maximum absolute atomic E-state index is 11.3. The lowest BCUT2D eigenvalue weighted by Crippen LogP contribution is -2.57. The number of fused-ring (bicyclic) bond motifs is 1. The van der Waals surface area contributed by atoms with Crippen molar-refractivity contribution in [2.24, 2.45) is 0 Å². The van der Waals surface area contributed by atoms with Crippen LogP contribution < -0.4 is 0 Å². The van der Waals surface area contributed by atoms with Crippen molar-refractivity contribution in [3.8, 4) is 0 Å². The molecule has 1 aromatic carbocycles. The molecule has 0 aliphatic rings. The third kappa shape index (κ3) is 6.79. The van der Waals surface area contributed by atoms with E-state index in [0.717, 1.165) is 16.9 Å². The van der Waals surface area contributed by atoms with E-state index in [4.69, 9.17) is 21.8 Å². The van der Waals surface area contributed by atoms with Gasteiger partial charge in [-0.05, 0) is 18.6 Å². The van der Waals surface area contributed by atoms with Gasteiger partial charge in [0, 0.05) is 46.9 Å². The number of aromatic amines is 1. The van der Waals surface area contributed by atoms with Gasteiger partial charge in [0.25, 0.3) is 0 Å². The molecule has 10 nitrogen and oxygen atoms in total. The van der Waals surface area contributed by atoms with E-state index in [1.54, 1.807) is 0 Å². The molecular formula is C16H29N2O8PSi2. The molecule has 0 aliphatic carbocycles. The minimum atomic E-state index is -4.23. The molecular weight excluding hydrogens is 435 g/mol. The molecule has 0 saturated carbocycles. The summed E-state index contributed by atoms with van der Waals surface area (Å²) in [5.41, 5.74) is 1.88. The Labute approximate surface area is 172 Å². The highest BCUT2D eigenvalue weighted by molar-refractivity contribution is 7.51.